The summed E-state index contributed by atoms with van der Waals surface area (Å²) in [7, 11) is 1.32. The Labute approximate surface area is 170 Å². The zero-order valence-electron chi connectivity index (χ0n) is 16.3. The van der Waals surface area contributed by atoms with Crippen molar-refractivity contribution in [2.75, 3.05) is 19.0 Å². The maximum atomic E-state index is 12.3. The molecule has 3 aromatic carbocycles. The van der Waals surface area contributed by atoms with Crippen molar-refractivity contribution in [1.29, 1.82) is 0 Å². The van der Waals surface area contributed by atoms with Gasteiger partial charge in [-0.05, 0) is 66.9 Å². The molecule has 0 aliphatic heterocycles. The number of nitrogens with one attached hydrogen (secondary N) is 1. The van der Waals surface area contributed by atoms with Crippen LogP contribution in [0.2, 0.25) is 0 Å². The Kier molecular flexibility index (Phi) is 7.00. The van der Waals surface area contributed by atoms with Gasteiger partial charge in [0.25, 0.3) is 5.91 Å². The van der Waals surface area contributed by atoms with E-state index in [-0.39, 0.29) is 5.91 Å². The van der Waals surface area contributed by atoms with Gasteiger partial charge in [-0.3, -0.25) is 4.79 Å². The standard InChI is InChI=1S/C24H23NO4/c1-28-24(27)20-11-9-19(10-12-20)23(26)25-21-13-15-22(16-14-21)29-17-5-8-18-6-3-2-4-7-18/h2-4,6-7,9-16H,5,8,17H2,1H3,(H,25,26). The number of rotatable bonds is 8. The Morgan fingerprint density at radius 1 is 0.828 bits per heavy atom. The quantitative estimate of drug-likeness (QED) is 0.447. The van der Waals surface area contributed by atoms with E-state index in [1.165, 1.54) is 12.7 Å². The van der Waals surface area contributed by atoms with Crippen LogP contribution in [0.4, 0.5) is 5.69 Å². The van der Waals surface area contributed by atoms with Crippen molar-refractivity contribution in [2.24, 2.45) is 0 Å². The summed E-state index contributed by atoms with van der Waals surface area (Å²) in [6, 6.07) is 23.9. The first kappa shape index (κ1) is 20.1. The van der Waals surface area contributed by atoms with Crippen molar-refractivity contribution in [3.8, 4) is 5.75 Å². The predicted octanol–water partition coefficient (Wildman–Crippen LogP) is 4.74. The second kappa shape index (κ2) is 10.1. The summed E-state index contributed by atoms with van der Waals surface area (Å²) in [4.78, 5) is 23.8. The van der Waals surface area contributed by atoms with Crippen molar-refractivity contribution in [3.63, 3.8) is 0 Å². The molecule has 0 bridgehead atoms. The number of hydrogen-bond donors (Lipinski definition) is 1. The molecule has 5 nitrogen and oxygen atoms in total. The summed E-state index contributed by atoms with van der Waals surface area (Å²) in [5.41, 5.74) is 2.83. The summed E-state index contributed by atoms with van der Waals surface area (Å²) in [6.07, 6.45) is 1.91. The Hall–Kier alpha value is -3.60. The maximum Gasteiger partial charge on any atom is 0.337 e. The van der Waals surface area contributed by atoms with Gasteiger partial charge in [0, 0.05) is 11.3 Å². The zero-order chi connectivity index (χ0) is 20.5. The number of methoxy groups -OCH3 is 1. The molecule has 0 saturated heterocycles. The van der Waals surface area contributed by atoms with Crippen LogP contribution < -0.4 is 10.1 Å². The lowest BCUT2D eigenvalue weighted by atomic mass is 10.1. The molecule has 0 saturated carbocycles. The maximum absolute atomic E-state index is 12.3. The number of anilines is 1. The molecule has 0 heterocycles. The van der Waals surface area contributed by atoms with Crippen LogP contribution in [0, 0.1) is 0 Å². The Morgan fingerprint density at radius 3 is 2.14 bits per heavy atom. The van der Waals surface area contributed by atoms with Crippen LogP contribution in [-0.2, 0) is 11.2 Å². The van der Waals surface area contributed by atoms with Gasteiger partial charge in [0.05, 0.1) is 19.3 Å². The molecule has 29 heavy (non-hydrogen) atoms. The molecule has 3 aromatic rings. The zero-order valence-corrected chi connectivity index (χ0v) is 16.3. The van der Waals surface area contributed by atoms with Crippen LogP contribution in [0.5, 0.6) is 5.75 Å². The topological polar surface area (TPSA) is 64.6 Å². The van der Waals surface area contributed by atoms with Gasteiger partial charge in [0.15, 0.2) is 0 Å². The number of hydrogen-bond acceptors (Lipinski definition) is 4. The Morgan fingerprint density at radius 2 is 1.48 bits per heavy atom. The van der Waals surface area contributed by atoms with Crippen molar-refractivity contribution in [3.05, 3.63) is 95.6 Å². The minimum atomic E-state index is -0.434. The molecule has 0 radical (unpaired) electrons. The first-order valence-corrected chi connectivity index (χ1v) is 9.42. The van der Waals surface area contributed by atoms with E-state index in [4.69, 9.17) is 4.74 Å². The number of ether oxygens (including phenoxy) is 2. The molecule has 0 aliphatic carbocycles. The van der Waals surface area contributed by atoms with E-state index in [2.05, 4.69) is 22.2 Å². The summed E-state index contributed by atoms with van der Waals surface area (Å²) in [5.74, 6) is 0.0766. The van der Waals surface area contributed by atoms with Crippen LogP contribution in [0.1, 0.15) is 32.7 Å². The molecule has 3 rings (SSSR count). The van der Waals surface area contributed by atoms with Gasteiger partial charge in [0.2, 0.25) is 0 Å². The molecule has 0 unspecified atom stereocenters. The summed E-state index contributed by atoms with van der Waals surface area (Å²) < 4.78 is 10.4. The number of benzene rings is 3. The Bertz CT molecular complexity index is 935. The van der Waals surface area contributed by atoms with E-state index in [1.807, 2.05) is 30.3 Å². The Balaban J connectivity index is 1.47. The average molecular weight is 389 g/mol. The van der Waals surface area contributed by atoms with E-state index >= 15 is 0 Å². The normalized spacial score (nSPS) is 10.2. The minimum absolute atomic E-state index is 0.252. The highest BCUT2D eigenvalue weighted by Crippen LogP contribution is 2.17. The second-order valence-corrected chi connectivity index (χ2v) is 6.49. The molecule has 0 aromatic heterocycles. The molecular weight excluding hydrogens is 366 g/mol. The first-order chi connectivity index (χ1) is 14.2. The van der Waals surface area contributed by atoms with Gasteiger partial charge < -0.3 is 14.8 Å². The highest BCUT2D eigenvalue weighted by molar-refractivity contribution is 6.04. The van der Waals surface area contributed by atoms with Crippen molar-refractivity contribution < 1.29 is 19.1 Å². The SMILES string of the molecule is COC(=O)c1ccc(C(=O)Nc2ccc(OCCCc3ccccc3)cc2)cc1. The number of carbonyl (C=O) groups excluding carboxylic acids is 2. The van der Waals surface area contributed by atoms with Crippen molar-refractivity contribution in [1.82, 2.24) is 0 Å². The van der Waals surface area contributed by atoms with Crippen LogP contribution in [0.3, 0.4) is 0 Å². The largest absolute Gasteiger partial charge is 0.494 e. The lowest BCUT2D eigenvalue weighted by molar-refractivity contribution is 0.0600. The molecule has 0 atom stereocenters. The predicted molar refractivity (Wildman–Crippen MR) is 112 cm³/mol. The van der Waals surface area contributed by atoms with Crippen LogP contribution in [-0.4, -0.2) is 25.6 Å². The number of amides is 1. The van der Waals surface area contributed by atoms with Crippen molar-refractivity contribution in [2.45, 2.75) is 12.8 Å². The molecule has 1 N–H and O–H groups in total. The summed E-state index contributed by atoms with van der Waals surface area (Å²) >= 11 is 0. The summed E-state index contributed by atoms with van der Waals surface area (Å²) in [6.45, 7) is 0.632. The lowest BCUT2D eigenvalue weighted by Crippen LogP contribution is -2.12. The number of esters is 1. The molecule has 0 spiro atoms. The molecule has 5 heteroatoms. The van der Waals surface area contributed by atoms with Crippen LogP contribution >= 0.6 is 0 Å². The van der Waals surface area contributed by atoms with Gasteiger partial charge in [0.1, 0.15) is 5.75 Å². The van der Waals surface area contributed by atoms with E-state index in [1.54, 1.807) is 36.4 Å². The van der Waals surface area contributed by atoms with Gasteiger partial charge >= 0.3 is 5.97 Å². The number of carbonyl (C=O) groups is 2. The van der Waals surface area contributed by atoms with E-state index in [9.17, 15) is 9.59 Å². The third-order valence-electron chi connectivity index (χ3n) is 4.40. The van der Waals surface area contributed by atoms with Gasteiger partial charge in [-0.25, -0.2) is 4.79 Å². The molecule has 0 aliphatic rings. The highest BCUT2D eigenvalue weighted by Gasteiger charge is 2.09. The van der Waals surface area contributed by atoms with Crippen molar-refractivity contribution >= 4 is 17.6 Å². The van der Waals surface area contributed by atoms with Gasteiger partial charge in [-0.2, -0.15) is 0 Å². The molecule has 1 amide bonds. The monoisotopic (exact) mass is 389 g/mol. The highest BCUT2D eigenvalue weighted by atomic mass is 16.5. The third kappa shape index (κ3) is 5.94. The second-order valence-electron chi connectivity index (χ2n) is 6.49. The van der Waals surface area contributed by atoms with Crippen LogP contribution in [0.15, 0.2) is 78.9 Å². The smallest absolute Gasteiger partial charge is 0.337 e. The van der Waals surface area contributed by atoms with Gasteiger partial charge in [-0.15, -0.1) is 0 Å². The lowest BCUT2D eigenvalue weighted by Gasteiger charge is -2.09. The number of aryl methyl sites for hydroxylation is 1. The van der Waals surface area contributed by atoms with Gasteiger partial charge in [-0.1, -0.05) is 30.3 Å². The fraction of sp³-hybridized carbons (Fsp3) is 0.167. The molecule has 0 fully saturated rings. The van der Waals surface area contributed by atoms with E-state index in [0.29, 0.717) is 23.4 Å². The first-order valence-electron chi connectivity index (χ1n) is 9.42. The molecular formula is C24H23NO4. The van der Waals surface area contributed by atoms with E-state index in [0.717, 1.165) is 18.6 Å². The average Bonchev–Trinajstić information content (AvgIpc) is 2.78. The van der Waals surface area contributed by atoms with Crippen LogP contribution in [0.25, 0.3) is 0 Å². The minimum Gasteiger partial charge on any atom is -0.494 e. The fourth-order valence-electron chi connectivity index (χ4n) is 2.82. The summed E-state index contributed by atoms with van der Waals surface area (Å²) in [5, 5.41) is 2.83. The third-order valence-corrected chi connectivity index (χ3v) is 4.40. The fourth-order valence-corrected chi connectivity index (χ4v) is 2.82. The molecule has 148 valence electrons. The van der Waals surface area contributed by atoms with E-state index < -0.39 is 5.97 Å².